The zero-order valence-electron chi connectivity index (χ0n) is 12.7. The fourth-order valence-corrected chi connectivity index (χ4v) is 1.72. The van der Waals surface area contributed by atoms with Gasteiger partial charge in [-0.25, -0.2) is 0 Å². The maximum Gasteiger partial charge on any atom is 0.234 e. The normalized spacial score (nSPS) is 10.0. The molecule has 0 saturated carbocycles. The Balaban J connectivity index is 0.00000400. The van der Waals surface area contributed by atoms with Crippen LogP contribution in [0.4, 0.5) is 0 Å². The van der Waals surface area contributed by atoms with Crippen LogP contribution in [0.15, 0.2) is 24.3 Å². The van der Waals surface area contributed by atoms with Crippen molar-refractivity contribution in [2.24, 2.45) is 0 Å². The van der Waals surface area contributed by atoms with E-state index in [4.69, 9.17) is 9.47 Å². The molecule has 0 bridgehead atoms. The lowest BCUT2D eigenvalue weighted by Crippen LogP contribution is -2.35. The molecule has 0 aliphatic heterocycles. The predicted octanol–water partition coefficient (Wildman–Crippen LogP) is 1.50. The molecule has 0 atom stereocenters. The fourth-order valence-electron chi connectivity index (χ4n) is 1.72. The van der Waals surface area contributed by atoms with Crippen LogP contribution < -0.4 is 10.6 Å². The van der Waals surface area contributed by atoms with Gasteiger partial charge in [0.2, 0.25) is 5.91 Å². The van der Waals surface area contributed by atoms with Crippen molar-refractivity contribution in [3.63, 3.8) is 0 Å². The molecule has 21 heavy (non-hydrogen) atoms. The molecule has 0 aliphatic carbocycles. The molecule has 1 amide bonds. The SMILES string of the molecule is CCOCc1ccccc1CNC(=O)CNCCOC.Cl. The lowest BCUT2D eigenvalue weighted by Gasteiger charge is -2.11. The second kappa shape index (κ2) is 12.6. The summed E-state index contributed by atoms with van der Waals surface area (Å²) >= 11 is 0. The number of hydrogen-bond acceptors (Lipinski definition) is 4. The van der Waals surface area contributed by atoms with Gasteiger partial charge in [-0.3, -0.25) is 4.79 Å². The number of hydrogen-bond donors (Lipinski definition) is 2. The minimum absolute atomic E-state index is 0. The molecule has 0 aliphatic rings. The van der Waals surface area contributed by atoms with Gasteiger partial charge in [0.05, 0.1) is 19.8 Å². The summed E-state index contributed by atoms with van der Waals surface area (Å²) in [5, 5.41) is 5.90. The summed E-state index contributed by atoms with van der Waals surface area (Å²) in [6, 6.07) is 7.97. The predicted molar refractivity (Wildman–Crippen MR) is 85.6 cm³/mol. The topological polar surface area (TPSA) is 59.6 Å². The van der Waals surface area contributed by atoms with E-state index in [0.717, 1.165) is 11.1 Å². The second-order valence-electron chi connectivity index (χ2n) is 4.35. The summed E-state index contributed by atoms with van der Waals surface area (Å²) in [7, 11) is 1.64. The fraction of sp³-hybridized carbons (Fsp3) is 0.533. The standard InChI is InChI=1S/C15H24N2O3.ClH/c1-3-20-12-14-7-5-4-6-13(14)10-17-15(18)11-16-8-9-19-2;/h4-7,16H,3,8-12H2,1-2H3,(H,17,18);1H. The van der Waals surface area contributed by atoms with Crippen LogP contribution in [-0.2, 0) is 27.4 Å². The minimum atomic E-state index is -0.0210. The zero-order chi connectivity index (χ0) is 14.6. The highest BCUT2D eigenvalue weighted by molar-refractivity contribution is 5.85. The van der Waals surface area contributed by atoms with Gasteiger partial charge in [0.15, 0.2) is 0 Å². The number of amides is 1. The lowest BCUT2D eigenvalue weighted by molar-refractivity contribution is -0.120. The maximum atomic E-state index is 11.7. The van der Waals surface area contributed by atoms with Crippen LogP contribution in [0.1, 0.15) is 18.1 Å². The van der Waals surface area contributed by atoms with Crippen LogP contribution in [0.5, 0.6) is 0 Å². The van der Waals surface area contributed by atoms with Gasteiger partial charge < -0.3 is 20.1 Å². The highest BCUT2D eigenvalue weighted by Crippen LogP contribution is 2.09. The van der Waals surface area contributed by atoms with Crippen molar-refractivity contribution in [3.05, 3.63) is 35.4 Å². The Morgan fingerprint density at radius 1 is 1.24 bits per heavy atom. The maximum absolute atomic E-state index is 11.7. The highest BCUT2D eigenvalue weighted by Gasteiger charge is 2.04. The minimum Gasteiger partial charge on any atom is -0.383 e. The third-order valence-corrected chi connectivity index (χ3v) is 2.82. The average Bonchev–Trinajstić information content (AvgIpc) is 2.48. The summed E-state index contributed by atoms with van der Waals surface area (Å²) in [5.74, 6) is -0.0210. The Kier molecular flexibility index (Phi) is 11.9. The first-order valence-electron chi connectivity index (χ1n) is 6.88. The molecule has 1 aromatic rings. The number of carbonyl (C=O) groups excluding carboxylic acids is 1. The highest BCUT2D eigenvalue weighted by atomic mass is 35.5. The third-order valence-electron chi connectivity index (χ3n) is 2.82. The van der Waals surface area contributed by atoms with Crippen LogP contribution in [0.25, 0.3) is 0 Å². The summed E-state index contributed by atoms with van der Waals surface area (Å²) in [5.41, 5.74) is 2.20. The Morgan fingerprint density at radius 2 is 1.95 bits per heavy atom. The summed E-state index contributed by atoms with van der Waals surface area (Å²) in [6.45, 7) is 5.33. The molecule has 2 N–H and O–H groups in total. The smallest absolute Gasteiger partial charge is 0.234 e. The Bertz CT molecular complexity index is 402. The lowest BCUT2D eigenvalue weighted by atomic mass is 10.1. The molecular formula is C15H25ClN2O3. The molecule has 0 saturated heterocycles. The van der Waals surface area contributed by atoms with Gasteiger partial charge in [-0.05, 0) is 18.1 Å². The molecule has 0 unspecified atom stereocenters. The molecule has 6 heteroatoms. The molecule has 0 spiro atoms. The molecule has 0 aromatic heterocycles. The van der Waals surface area contributed by atoms with E-state index in [-0.39, 0.29) is 18.3 Å². The van der Waals surface area contributed by atoms with Crippen molar-refractivity contribution in [1.82, 2.24) is 10.6 Å². The molecule has 1 aromatic carbocycles. The van der Waals surface area contributed by atoms with E-state index >= 15 is 0 Å². The van der Waals surface area contributed by atoms with Gasteiger partial charge in [-0.15, -0.1) is 12.4 Å². The van der Waals surface area contributed by atoms with Crippen molar-refractivity contribution >= 4 is 18.3 Å². The van der Waals surface area contributed by atoms with E-state index in [9.17, 15) is 4.79 Å². The largest absolute Gasteiger partial charge is 0.383 e. The Hall–Kier alpha value is -1.14. The Morgan fingerprint density at radius 3 is 2.62 bits per heavy atom. The van der Waals surface area contributed by atoms with Gasteiger partial charge in [-0.2, -0.15) is 0 Å². The van der Waals surface area contributed by atoms with Gasteiger partial charge in [-0.1, -0.05) is 24.3 Å². The summed E-state index contributed by atoms with van der Waals surface area (Å²) < 4.78 is 10.3. The molecule has 1 rings (SSSR count). The van der Waals surface area contributed by atoms with Crippen molar-refractivity contribution in [1.29, 1.82) is 0 Å². The second-order valence-corrected chi connectivity index (χ2v) is 4.35. The molecule has 0 heterocycles. The molecule has 0 fully saturated rings. The number of benzene rings is 1. The number of halogens is 1. The van der Waals surface area contributed by atoms with Crippen LogP contribution in [0.3, 0.4) is 0 Å². The van der Waals surface area contributed by atoms with Crippen LogP contribution in [-0.4, -0.2) is 39.3 Å². The van der Waals surface area contributed by atoms with Gasteiger partial charge in [0.25, 0.3) is 0 Å². The first kappa shape index (κ1) is 19.9. The Labute approximate surface area is 132 Å². The van der Waals surface area contributed by atoms with E-state index in [2.05, 4.69) is 10.6 Å². The molecule has 5 nitrogen and oxygen atoms in total. The number of nitrogens with one attached hydrogen (secondary N) is 2. The molecule has 0 radical (unpaired) electrons. The summed E-state index contributed by atoms with van der Waals surface area (Å²) in [6.07, 6.45) is 0. The number of methoxy groups -OCH3 is 1. The summed E-state index contributed by atoms with van der Waals surface area (Å²) in [4.78, 5) is 11.7. The first-order valence-corrected chi connectivity index (χ1v) is 6.88. The van der Waals surface area contributed by atoms with E-state index in [0.29, 0.717) is 39.5 Å². The van der Waals surface area contributed by atoms with Crippen LogP contribution >= 0.6 is 12.4 Å². The van der Waals surface area contributed by atoms with Crippen LogP contribution in [0.2, 0.25) is 0 Å². The zero-order valence-corrected chi connectivity index (χ0v) is 13.5. The monoisotopic (exact) mass is 316 g/mol. The quantitative estimate of drug-likeness (QED) is 0.642. The first-order chi connectivity index (χ1) is 9.77. The van der Waals surface area contributed by atoms with Gasteiger partial charge in [0.1, 0.15) is 0 Å². The van der Waals surface area contributed by atoms with E-state index in [1.54, 1.807) is 7.11 Å². The number of rotatable bonds is 10. The van der Waals surface area contributed by atoms with Crippen molar-refractivity contribution in [2.45, 2.75) is 20.1 Å². The van der Waals surface area contributed by atoms with Crippen molar-refractivity contribution in [3.8, 4) is 0 Å². The molecule has 120 valence electrons. The average molecular weight is 317 g/mol. The van der Waals surface area contributed by atoms with E-state index in [1.165, 1.54) is 0 Å². The van der Waals surface area contributed by atoms with E-state index < -0.39 is 0 Å². The third kappa shape index (κ3) is 8.67. The number of carbonyl (C=O) groups is 1. The van der Waals surface area contributed by atoms with Crippen molar-refractivity contribution < 1.29 is 14.3 Å². The number of ether oxygens (including phenoxy) is 2. The van der Waals surface area contributed by atoms with Crippen LogP contribution in [0, 0.1) is 0 Å². The van der Waals surface area contributed by atoms with Gasteiger partial charge in [0, 0.05) is 26.8 Å². The van der Waals surface area contributed by atoms with E-state index in [1.807, 2.05) is 31.2 Å². The molecular weight excluding hydrogens is 292 g/mol. The van der Waals surface area contributed by atoms with Gasteiger partial charge >= 0.3 is 0 Å². The van der Waals surface area contributed by atoms with Crippen molar-refractivity contribution in [2.75, 3.05) is 33.4 Å².